The zero-order valence-electron chi connectivity index (χ0n) is 9.93. The zero-order valence-corrected chi connectivity index (χ0v) is 9.93. The maximum absolute atomic E-state index is 11.7. The number of hydrogen-bond acceptors (Lipinski definition) is 7. The summed E-state index contributed by atoms with van der Waals surface area (Å²) >= 11 is 0. The number of ketones is 3. The Balaban J connectivity index is 2.97. The van der Waals surface area contributed by atoms with E-state index in [2.05, 4.69) is 9.47 Å². The SMILES string of the molecule is CCOC(=O)[C@@H]1C(=O)C(=O)[C@H](C(=O)OCC)C1=O. The van der Waals surface area contributed by atoms with Crippen molar-refractivity contribution in [3.8, 4) is 0 Å². The number of carbonyl (C=O) groups is 5. The van der Waals surface area contributed by atoms with Crippen LogP contribution in [0.15, 0.2) is 0 Å². The van der Waals surface area contributed by atoms with Crippen LogP contribution in [0.1, 0.15) is 13.8 Å². The summed E-state index contributed by atoms with van der Waals surface area (Å²) in [5.41, 5.74) is 0. The van der Waals surface area contributed by atoms with Gasteiger partial charge in [-0.2, -0.15) is 0 Å². The number of esters is 2. The van der Waals surface area contributed by atoms with Crippen molar-refractivity contribution in [3.05, 3.63) is 0 Å². The molecule has 0 N–H and O–H groups in total. The Labute approximate surface area is 102 Å². The lowest BCUT2D eigenvalue weighted by molar-refractivity contribution is -0.154. The van der Waals surface area contributed by atoms with Crippen LogP contribution in [0, 0.1) is 11.8 Å². The highest BCUT2D eigenvalue weighted by Gasteiger charge is 2.56. The summed E-state index contributed by atoms with van der Waals surface area (Å²) < 4.78 is 9.04. The molecule has 0 heterocycles. The zero-order chi connectivity index (χ0) is 13.9. The molecule has 2 atom stereocenters. The molecule has 1 rings (SSSR count). The molecule has 1 fully saturated rings. The molecular formula is C11H12O7. The van der Waals surface area contributed by atoms with Crippen LogP contribution in [-0.2, 0) is 33.4 Å². The molecule has 0 amide bonds. The molecule has 0 bridgehead atoms. The molecule has 0 spiro atoms. The van der Waals surface area contributed by atoms with Gasteiger partial charge in [0.15, 0.2) is 17.6 Å². The fourth-order valence-corrected chi connectivity index (χ4v) is 1.61. The Bertz CT molecular complexity index is 385. The monoisotopic (exact) mass is 256 g/mol. The summed E-state index contributed by atoms with van der Waals surface area (Å²) in [6, 6.07) is 0. The van der Waals surface area contributed by atoms with E-state index in [0.29, 0.717) is 0 Å². The van der Waals surface area contributed by atoms with Crippen molar-refractivity contribution in [3.63, 3.8) is 0 Å². The number of ether oxygens (including phenoxy) is 2. The van der Waals surface area contributed by atoms with Gasteiger partial charge in [0.05, 0.1) is 13.2 Å². The molecule has 18 heavy (non-hydrogen) atoms. The lowest BCUT2D eigenvalue weighted by Crippen LogP contribution is -2.31. The highest BCUT2D eigenvalue weighted by atomic mass is 16.5. The Morgan fingerprint density at radius 2 is 1.22 bits per heavy atom. The standard InChI is InChI=1S/C11H12O7/c1-3-17-10(15)5-7(12)6(9(14)8(5)13)11(16)18-4-2/h5-6H,3-4H2,1-2H3/t5-,6+. The van der Waals surface area contributed by atoms with Crippen LogP contribution in [0.2, 0.25) is 0 Å². The van der Waals surface area contributed by atoms with Gasteiger partial charge in [0.2, 0.25) is 11.6 Å². The second kappa shape index (κ2) is 5.52. The van der Waals surface area contributed by atoms with Crippen molar-refractivity contribution in [1.82, 2.24) is 0 Å². The van der Waals surface area contributed by atoms with E-state index in [9.17, 15) is 24.0 Å². The smallest absolute Gasteiger partial charge is 0.324 e. The Kier molecular flexibility index (Phi) is 4.30. The molecule has 0 radical (unpaired) electrons. The minimum Gasteiger partial charge on any atom is -0.465 e. The highest BCUT2D eigenvalue weighted by Crippen LogP contribution is 2.23. The van der Waals surface area contributed by atoms with Crippen molar-refractivity contribution in [2.75, 3.05) is 13.2 Å². The van der Waals surface area contributed by atoms with Gasteiger partial charge in [0.1, 0.15) is 0 Å². The van der Waals surface area contributed by atoms with E-state index < -0.39 is 41.1 Å². The van der Waals surface area contributed by atoms with Gasteiger partial charge in [0.25, 0.3) is 0 Å². The molecule has 1 aliphatic carbocycles. The van der Waals surface area contributed by atoms with E-state index in [0.717, 1.165) is 0 Å². The normalized spacial score (nSPS) is 23.1. The first-order chi connectivity index (χ1) is 8.45. The van der Waals surface area contributed by atoms with Gasteiger partial charge in [-0.25, -0.2) is 0 Å². The van der Waals surface area contributed by atoms with E-state index >= 15 is 0 Å². The van der Waals surface area contributed by atoms with Crippen molar-refractivity contribution in [1.29, 1.82) is 0 Å². The molecule has 7 heteroatoms. The van der Waals surface area contributed by atoms with Crippen LogP contribution in [0.5, 0.6) is 0 Å². The Morgan fingerprint density at radius 3 is 1.50 bits per heavy atom. The summed E-state index contributed by atoms with van der Waals surface area (Å²) in [5, 5.41) is 0. The minimum absolute atomic E-state index is 0.0336. The summed E-state index contributed by atoms with van der Waals surface area (Å²) in [5.74, 6) is -9.35. The third-order valence-electron chi connectivity index (χ3n) is 2.38. The predicted octanol–water partition coefficient (Wildman–Crippen LogP) is -0.934. The van der Waals surface area contributed by atoms with Crippen LogP contribution < -0.4 is 0 Å². The molecule has 98 valence electrons. The topological polar surface area (TPSA) is 104 Å². The summed E-state index contributed by atoms with van der Waals surface area (Å²) in [6.45, 7) is 2.92. The first kappa shape index (κ1) is 14.0. The lowest BCUT2D eigenvalue weighted by Gasteiger charge is -2.07. The number of hydrogen-bond donors (Lipinski definition) is 0. The Hall–Kier alpha value is -2.05. The van der Waals surface area contributed by atoms with Gasteiger partial charge in [-0.05, 0) is 13.8 Å². The highest BCUT2D eigenvalue weighted by molar-refractivity contribution is 6.58. The molecule has 1 saturated carbocycles. The van der Waals surface area contributed by atoms with E-state index in [1.54, 1.807) is 0 Å². The molecule has 0 aliphatic heterocycles. The summed E-state index contributed by atoms with van der Waals surface area (Å²) in [7, 11) is 0. The second-order valence-electron chi connectivity index (χ2n) is 3.50. The van der Waals surface area contributed by atoms with Gasteiger partial charge in [-0.3, -0.25) is 24.0 Å². The summed E-state index contributed by atoms with van der Waals surface area (Å²) in [6.07, 6.45) is 0. The first-order valence-electron chi connectivity index (χ1n) is 5.40. The maximum Gasteiger partial charge on any atom is 0.324 e. The third kappa shape index (κ3) is 2.29. The average Bonchev–Trinajstić information content (AvgIpc) is 2.51. The lowest BCUT2D eigenvalue weighted by atomic mass is 10.0. The van der Waals surface area contributed by atoms with E-state index in [-0.39, 0.29) is 13.2 Å². The minimum atomic E-state index is -1.83. The Morgan fingerprint density at radius 1 is 0.889 bits per heavy atom. The average molecular weight is 256 g/mol. The first-order valence-corrected chi connectivity index (χ1v) is 5.40. The maximum atomic E-state index is 11.7. The number of rotatable bonds is 4. The number of Topliss-reactive ketones (excluding diaryl/α,β-unsaturated/α-hetero) is 3. The van der Waals surface area contributed by atoms with Crippen LogP contribution in [-0.4, -0.2) is 42.5 Å². The molecule has 0 unspecified atom stereocenters. The quantitative estimate of drug-likeness (QED) is 0.363. The largest absolute Gasteiger partial charge is 0.465 e. The molecular weight excluding hydrogens is 244 g/mol. The molecule has 0 aromatic rings. The number of carbonyl (C=O) groups excluding carboxylic acids is 5. The molecule has 7 nitrogen and oxygen atoms in total. The van der Waals surface area contributed by atoms with Crippen molar-refractivity contribution >= 4 is 29.3 Å². The van der Waals surface area contributed by atoms with E-state index in [4.69, 9.17) is 0 Å². The molecule has 0 aromatic heterocycles. The van der Waals surface area contributed by atoms with Crippen LogP contribution in [0.25, 0.3) is 0 Å². The predicted molar refractivity (Wildman–Crippen MR) is 55.3 cm³/mol. The molecule has 0 saturated heterocycles. The van der Waals surface area contributed by atoms with Crippen LogP contribution in [0.3, 0.4) is 0 Å². The van der Waals surface area contributed by atoms with Gasteiger partial charge in [-0.15, -0.1) is 0 Å². The molecule has 0 aromatic carbocycles. The third-order valence-corrected chi connectivity index (χ3v) is 2.38. The second-order valence-corrected chi connectivity index (χ2v) is 3.50. The van der Waals surface area contributed by atoms with Gasteiger partial charge >= 0.3 is 11.9 Å². The molecule has 1 aliphatic rings. The van der Waals surface area contributed by atoms with Crippen molar-refractivity contribution in [2.24, 2.45) is 11.8 Å². The fourth-order valence-electron chi connectivity index (χ4n) is 1.61. The van der Waals surface area contributed by atoms with Crippen LogP contribution >= 0.6 is 0 Å². The van der Waals surface area contributed by atoms with Gasteiger partial charge in [-0.1, -0.05) is 0 Å². The van der Waals surface area contributed by atoms with Gasteiger partial charge < -0.3 is 9.47 Å². The van der Waals surface area contributed by atoms with E-state index in [1.165, 1.54) is 13.8 Å². The van der Waals surface area contributed by atoms with Crippen LogP contribution in [0.4, 0.5) is 0 Å². The summed E-state index contributed by atoms with van der Waals surface area (Å²) in [4.78, 5) is 57.4. The van der Waals surface area contributed by atoms with E-state index in [1.807, 2.05) is 0 Å². The van der Waals surface area contributed by atoms with Crippen molar-refractivity contribution in [2.45, 2.75) is 13.8 Å². The fraction of sp³-hybridized carbons (Fsp3) is 0.545. The van der Waals surface area contributed by atoms with Crippen molar-refractivity contribution < 1.29 is 33.4 Å². The van der Waals surface area contributed by atoms with Gasteiger partial charge in [0, 0.05) is 0 Å².